The molecule has 0 radical (unpaired) electrons. The number of esters is 1. The Labute approximate surface area is 180 Å². The first kappa shape index (κ1) is 22.7. The number of rotatable bonds is 7. The van der Waals surface area contributed by atoms with Gasteiger partial charge in [0.15, 0.2) is 12.4 Å². The highest BCUT2D eigenvalue weighted by molar-refractivity contribution is 7.89. The van der Waals surface area contributed by atoms with E-state index in [1.54, 1.807) is 0 Å². The average Bonchev–Trinajstić information content (AvgIpc) is 3.36. The Bertz CT molecular complexity index is 1010. The van der Waals surface area contributed by atoms with E-state index in [9.17, 15) is 13.2 Å². The third-order valence-electron chi connectivity index (χ3n) is 4.45. The highest BCUT2D eigenvalue weighted by Gasteiger charge is 2.24. The zero-order chi connectivity index (χ0) is 21.9. The molecule has 0 bridgehead atoms. The Balaban J connectivity index is 1.67. The summed E-state index contributed by atoms with van der Waals surface area (Å²) in [6.07, 6.45) is 1.51. The van der Waals surface area contributed by atoms with Crippen LogP contribution in [-0.2, 0) is 31.5 Å². The number of hydrogen-bond acceptors (Lipinski definition) is 8. The van der Waals surface area contributed by atoms with Gasteiger partial charge in [-0.1, -0.05) is 37.5 Å². The first-order valence-corrected chi connectivity index (χ1v) is 11.3. The summed E-state index contributed by atoms with van der Waals surface area (Å²) >= 11 is 6.06. The van der Waals surface area contributed by atoms with Crippen molar-refractivity contribution in [1.29, 1.82) is 0 Å². The van der Waals surface area contributed by atoms with Gasteiger partial charge in [0.25, 0.3) is 5.89 Å². The lowest BCUT2D eigenvalue weighted by Crippen LogP contribution is -2.32. The van der Waals surface area contributed by atoms with Crippen molar-refractivity contribution >= 4 is 27.6 Å². The summed E-state index contributed by atoms with van der Waals surface area (Å²) < 4.78 is 43.4. The third-order valence-corrected chi connectivity index (χ3v) is 6.35. The number of hydrogen-bond donors (Lipinski definition) is 1. The Morgan fingerprint density at radius 3 is 2.77 bits per heavy atom. The lowest BCUT2D eigenvalue weighted by atomic mass is 9.96. The molecule has 30 heavy (non-hydrogen) atoms. The summed E-state index contributed by atoms with van der Waals surface area (Å²) in [5.74, 6) is -0.100. The fourth-order valence-electron chi connectivity index (χ4n) is 2.75. The van der Waals surface area contributed by atoms with E-state index in [-0.39, 0.29) is 46.0 Å². The summed E-state index contributed by atoms with van der Waals surface area (Å²) in [5.41, 5.74) is -0.269. The number of aromatic nitrogens is 2. The molecule has 1 atom stereocenters. The molecular formula is C19H24ClN3O6S. The number of nitrogens with one attached hydrogen (secondary N) is 1. The van der Waals surface area contributed by atoms with Crippen LogP contribution < -0.4 is 4.72 Å². The third kappa shape index (κ3) is 5.57. The number of nitrogens with zero attached hydrogens (tertiary/aromatic N) is 2. The van der Waals surface area contributed by atoms with Crippen LogP contribution >= 0.6 is 11.6 Å². The topological polar surface area (TPSA) is 121 Å². The van der Waals surface area contributed by atoms with Crippen LogP contribution in [0.1, 0.15) is 55.7 Å². The Morgan fingerprint density at radius 2 is 2.13 bits per heavy atom. The van der Waals surface area contributed by atoms with E-state index >= 15 is 0 Å². The minimum Gasteiger partial charge on any atom is -0.452 e. The van der Waals surface area contributed by atoms with E-state index in [0.717, 1.165) is 12.8 Å². The van der Waals surface area contributed by atoms with Crippen LogP contribution in [0.4, 0.5) is 0 Å². The maximum absolute atomic E-state index is 12.6. The fourth-order valence-corrected chi connectivity index (χ4v) is 4.34. The second-order valence-corrected chi connectivity index (χ2v) is 10.1. The number of carbonyl (C=O) groups is 1. The van der Waals surface area contributed by atoms with Gasteiger partial charge in [0.1, 0.15) is 4.90 Å². The quantitative estimate of drug-likeness (QED) is 0.630. The minimum atomic E-state index is -3.93. The van der Waals surface area contributed by atoms with Crippen LogP contribution in [0.5, 0.6) is 0 Å². The van der Waals surface area contributed by atoms with E-state index in [1.165, 1.54) is 18.2 Å². The molecule has 1 unspecified atom stereocenters. The second kappa shape index (κ2) is 9.01. The molecule has 0 amide bonds. The molecule has 11 heteroatoms. The van der Waals surface area contributed by atoms with Crippen LogP contribution in [-0.4, -0.2) is 43.8 Å². The molecule has 0 saturated carbocycles. The smallest absolute Gasteiger partial charge is 0.338 e. The summed E-state index contributed by atoms with van der Waals surface area (Å²) in [5, 5.41) is 3.85. The van der Waals surface area contributed by atoms with Crippen molar-refractivity contribution in [2.45, 2.75) is 56.6 Å². The molecule has 1 fully saturated rings. The SMILES string of the molecule is CC(C)(C)c1noc(COC(=O)c2ccc(Cl)c(S(=O)(=O)NCC3CCCO3)c2)n1. The molecule has 3 rings (SSSR count). The van der Waals surface area contributed by atoms with Crippen molar-refractivity contribution in [2.75, 3.05) is 13.2 Å². The van der Waals surface area contributed by atoms with Gasteiger partial charge in [0, 0.05) is 18.6 Å². The van der Waals surface area contributed by atoms with Gasteiger partial charge in [-0.25, -0.2) is 17.9 Å². The lowest BCUT2D eigenvalue weighted by molar-refractivity contribution is 0.0429. The predicted octanol–water partition coefficient (Wildman–Crippen LogP) is 2.83. The normalized spacial score (nSPS) is 17.3. The number of benzene rings is 1. The molecule has 1 N–H and O–H groups in total. The van der Waals surface area contributed by atoms with Crippen molar-refractivity contribution in [2.24, 2.45) is 0 Å². The largest absolute Gasteiger partial charge is 0.452 e. The van der Waals surface area contributed by atoms with Gasteiger partial charge < -0.3 is 14.0 Å². The zero-order valence-electron chi connectivity index (χ0n) is 17.0. The van der Waals surface area contributed by atoms with Crippen LogP contribution in [0, 0.1) is 0 Å². The summed E-state index contributed by atoms with van der Waals surface area (Å²) in [6.45, 7) is 6.30. The molecule has 1 aliphatic heterocycles. The van der Waals surface area contributed by atoms with E-state index in [2.05, 4.69) is 14.9 Å². The number of halogens is 1. The maximum atomic E-state index is 12.6. The highest BCUT2D eigenvalue weighted by atomic mass is 35.5. The van der Waals surface area contributed by atoms with Crippen LogP contribution in [0.15, 0.2) is 27.6 Å². The Kier molecular flexibility index (Phi) is 6.81. The van der Waals surface area contributed by atoms with Crippen molar-refractivity contribution in [3.63, 3.8) is 0 Å². The van der Waals surface area contributed by atoms with Crippen LogP contribution in [0.3, 0.4) is 0 Å². The van der Waals surface area contributed by atoms with Gasteiger partial charge in [-0.15, -0.1) is 0 Å². The van der Waals surface area contributed by atoms with Gasteiger partial charge in [-0.3, -0.25) is 0 Å². The Hall–Kier alpha value is -2.01. The zero-order valence-corrected chi connectivity index (χ0v) is 18.5. The molecule has 1 saturated heterocycles. The lowest BCUT2D eigenvalue weighted by Gasteiger charge is -2.13. The Morgan fingerprint density at radius 1 is 1.37 bits per heavy atom. The molecule has 0 aliphatic carbocycles. The molecule has 9 nitrogen and oxygen atoms in total. The molecular weight excluding hydrogens is 434 g/mol. The van der Waals surface area contributed by atoms with Crippen molar-refractivity contribution in [3.05, 3.63) is 40.5 Å². The first-order chi connectivity index (χ1) is 14.1. The molecule has 1 aromatic heterocycles. The summed E-state index contributed by atoms with van der Waals surface area (Å²) in [6, 6.07) is 3.90. The fraction of sp³-hybridized carbons (Fsp3) is 0.526. The molecule has 1 aromatic carbocycles. The molecule has 164 valence electrons. The summed E-state index contributed by atoms with van der Waals surface area (Å²) in [7, 11) is -3.93. The first-order valence-electron chi connectivity index (χ1n) is 9.47. The van der Waals surface area contributed by atoms with Gasteiger partial charge in [-0.05, 0) is 31.0 Å². The average molecular weight is 458 g/mol. The van der Waals surface area contributed by atoms with E-state index in [1.807, 2.05) is 20.8 Å². The second-order valence-electron chi connectivity index (χ2n) is 7.97. The van der Waals surface area contributed by atoms with Crippen molar-refractivity contribution in [1.82, 2.24) is 14.9 Å². The standard InChI is InChI=1S/C19H24ClN3O6S/c1-19(2,3)18-22-16(29-23-18)11-28-17(24)12-6-7-14(20)15(9-12)30(25,26)21-10-13-5-4-8-27-13/h6-7,9,13,21H,4-5,8,10-11H2,1-3H3. The molecule has 1 aliphatic rings. The van der Waals surface area contributed by atoms with Gasteiger partial charge in [0.2, 0.25) is 10.0 Å². The van der Waals surface area contributed by atoms with Crippen molar-refractivity contribution in [3.8, 4) is 0 Å². The number of carbonyl (C=O) groups excluding carboxylic acids is 1. The van der Waals surface area contributed by atoms with Gasteiger partial charge >= 0.3 is 5.97 Å². The van der Waals surface area contributed by atoms with Crippen LogP contribution in [0.2, 0.25) is 5.02 Å². The van der Waals surface area contributed by atoms with E-state index < -0.39 is 16.0 Å². The molecule has 2 heterocycles. The maximum Gasteiger partial charge on any atom is 0.338 e. The van der Waals surface area contributed by atoms with Gasteiger partial charge in [0.05, 0.1) is 16.7 Å². The van der Waals surface area contributed by atoms with Crippen molar-refractivity contribution < 1.29 is 27.2 Å². The van der Waals surface area contributed by atoms with E-state index in [4.69, 9.17) is 25.6 Å². The summed E-state index contributed by atoms with van der Waals surface area (Å²) in [4.78, 5) is 16.4. The molecule has 2 aromatic rings. The van der Waals surface area contributed by atoms with E-state index in [0.29, 0.717) is 12.4 Å². The minimum absolute atomic E-state index is 0.00175. The monoisotopic (exact) mass is 457 g/mol. The molecule has 0 spiro atoms. The van der Waals surface area contributed by atoms with Crippen LogP contribution in [0.25, 0.3) is 0 Å². The predicted molar refractivity (Wildman–Crippen MR) is 108 cm³/mol. The number of ether oxygens (including phenoxy) is 2. The van der Waals surface area contributed by atoms with Gasteiger partial charge in [-0.2, -0.15) is 4.98 Å². The highest BCUT2D eigenvalue weighted by Crippen LogP contribution is 2.24. The number of sulfonamides is 1.